The van der Waals surface area contributed by atoms with Crippen molar-refractivity contribution in [2.45, 2.75) is 39.8 Å². The Labute approximate surface area is 175 Å². The third-order valence-corrected chi connectivity index (χ3v) is 5.94. The molecule has 162 valence electrons. The third kappa shape index (κ3) is 4.23. The van der Waals surface area contributed by atoms with Crippen LogP contribution in [0.5, 0.6) is 0 Å². The van der Waals surface area contributed by atoms with Crippen LogP contribution in [-0.4, -0.2) is 85.8 Å². The summed E-state index contributed by atoms with van der Waals surface area (Å²) in [5.41, 5.74) is 1.95. The molecule has 0 radical (unpaired) electrons. The van der Waals surface area contributed by atoms with E-state index >= 15 is 0 Å². The molecule has 4 rings (SSSR count). The van der Waals surface area contributed by atoms with Crippen LogP contribution in [0.15, 0.2) is 12.4 Å². The Morgan fingerprint density at radius 2 is 1.97 bits per heavy atom. The Morgan fingerprint density at radius 3 is 2.70 bits per heavy atom. The van der Waals surface area contributed by atoms with Crippen molar-refractivity contribution in [2.75, 3.05) is 39.4 Å². The van der Waals surface area contributed by atoms with E-state index in [0.717, 1.165) is 31.6 Å². The Morgan fingerprint density at radius 1 is 1.17 bits per heavy atom. The number of ether oxygens (including phenoxy) is 1. The number of hydrogen-bond donors (Lipinski definition) is 0. The first-order valence-electron chi connectivity index (χ1n) is 10.7. The molecule has 0 spiro atoms. The van der Waals surface area contributed by atoms with Crippen LogP contribution in [0.2, 0.25) is 0 Å². The molecule has 10 nitrogen and oxygen atoms in total. The van der Waals surface area contributed by atoms with Crippen molar-refractivity contribution in [1.82, 2.24) is 34.6 Å². The average molecular weight is 415 g/mol. The van der Waals surface area contributed by atoms with Crippen LogP contribution in [0.25, 0.3) is 0 Å². The summed E-state index contributed by atoms with van der Waals surface area (Å²) in [6.45, 7) is 9.05. The molecular formula is C20H29N7O3. The van der Waals surface area contributed by atoms with Gasteiger partial charge in [-0.2, -0.15) is 5.10 Å². The van der Waals surface area contributed by atoms with Gasteiger partial charge in [0, 0.05) is 45.0 Å². The Balaban J connectivity index is 1.37. The van der Waals surface area contributed by atoms with Crippen LogP contribution in [0.3, 0.4) is 0 Å². The molecule has 4 heterocycles. The molecule has 0 bridgehead atoms. The number of hydrogen-bond acceptors (Lipinski definition) is 6. The van der Waals surface area contributed by atoms with Gasteiger partial charge in [-0.3, -0.25) is 19.0 Å². The number of aromatic nitrogens is 5. The smallest absolute Gasteiger partial charge is 0.276 e. The minimum absolute atomic E-state index is 0.0404. The van der Waals surface area contributed by atoms with Crippen molar-refractivity contribution in [3.8, 4) is 0 Å². The van der Waals surface area contributed by atoms with Crippen molar-refractivity contribution >= 4 is 11.8 Å². The predicted octanol–water partition coefficient (Wildman–Crippen LogP) is 0.828. The summed E-state index contributed by atoms with van der Waals surface area (Å²) in [6.07, 6.45) is 5.36. The molecule has 2 aromatic rings. The number of aryl methyl sites for hydroxylation is 1. The fourth-order valence-electron chi connectivity index (χ4n) is 4.22. The summed E-state index contributed by atoms with van der Waals surface area (Å²) in [5, 5.41) is 12.5. The first-order valence-corrected chi connectivity index (χ1v) is 10.7. The molecule has 0 unspecified atom stereocenters. The van der Waals surface area contributed by atoms with E-state index in [1.54, 1.807) is 22.0 Å². The standard InChI is InChI=1S/C20H29N7O3/c1-3-27-15(2)17(11-21-27)19(28)25-6-4-5-16(12-25)13-26-14-18(22-23-26)20(29)24-7-9-30-10-8-24/h11,14,16H,3-10,12-13H2,1-2H3/t16-/m1/s1. The van der Waals surface area contributed by atoms with Crippen molar-refractivity contribution in [3.63, 3.8) is 0 Å². The average Bonchev–Trinajstić information content (AvgIpc) is 3.40. The molecule has 2 fully saturated rings. The lowest BCUT2D eigenvalue weighted by Crippen LogP contribution is -2.41. The molecule has 2 aliphatic rings. The molecule has 2 aromatic heterocycles. The molecular weight excluding hydrogens is 386 g/mol. The molecule has 0 saturated carbocycles. The second-order valence-corrected chi connectivity index (χ2v) is 7.95. The Kier molecular flexibility index (Phi) is 6.12. The second kappa shape index (κ2) is 8.95. The van der Waals surface area contributed by atoms with Crippen LogP contribution in [0, 0.1) is 12.8 Å². The van der Waals surface area contributed by atoms with Gasteiger partial charge >= 0.3 is 0 Å². The zero-order valence-electron chi connectivity index (χ0n) is 17.7. The SMILES string of the molecule is CCn1ncc(C(=O)N2CCC[C@@H](Cn3cc(C(=O)N4CCOCC4)nn3)C2)c1C. The first kappa shape index (κ1) is 20.5. The number of morpholine rings is 1. The van der Waals surface area contributed by atoms with Crippen LogP contribution in [0.1, 0.15) is 46.3 Å². The first-order chi connectivity index (χ1) is 14.6. The number of rotatable bonds is 5. The summed E-state index contributed by atoms with van der Waals surface area (Å²) in [6, 6.07) is 0. The van der Waals surface area contributed by atoms with Crippen molar-refractivity contribution in [1.29, 1.82) is 0 Å². The van der Waals surface area contributed by atoms with Crippen molar-refractivity contribution < 1.29 is 14.3 Å². The highest BCUT2D eigenvalue weighted by Crippen LogP contribution is 2.21. The maximum atomic E-state index is 13.0. The molecule has 30 heavy (non-hydrogen) atoms. The largest absolute Gasteiger partial charge is 0.378 e. The molecule has 10 heteroatoms. The minimum atomic E-state index is -0.103. The van der Waals surface area contributed by atoms with Crippen molar-refractivity contribution in [2.24, 2.45) is 5.92 Å². The van der Waals surface area contributed by atoms with Gasteiger partial charge < -0.3 is 14.5 Å². The minimum Gasteiger partial charge on any atom is -0.378 e. The second-order valence-electron chi connectivity index (χ2n) is 7.95. The Bertz CT molecular complexity index is 900. The van der Waals surface area contributed by atoms with Gasteiger partial charge in [-0.15, -0.1) is 5.10 Å². The van der Waals surface area contributed by atoms with Gasteiger partial charge in [0.05, 0.1) is 31.2 Å². The van der Waals surface area contributed by atoms with Gasteiger partial charge in [0.1, 0.15) is 0 Å². The zero-order valence-corrected chi connectivity index (χ0v) is 17.7. The Hall–Kier alpha value is -2.75. The highest BCUT2D eigenvalue weighted by Gasteiger charge is 2.28. The molecule has 2 amide bonds. The summed E-state index contributed by atoms with van der Waals surface area (Å²) < 4.78 is 8.87. The molecule has 0 aliphatic carbocycles. The monoisotopic (exact) mass is 415 g/mol. The number of piperidine rings is 1. The fraction of sp³-hybridized carbons (Fsp3) is 0.650. The lowest BCUT2D eigenvalue weighted by molar-refractivity contribution is 0.0299. The van der Waals surface area contributed by atoms with E-state index in [9.17, 15) is 9.59 Å². The number of likely N-dealkylation sites (tertiary alicyclic amines) is 1. The van der Waals surface area contributed by atoms with Gasteiger partial charge in [-0.1, -0.05) is 5.21 Å². The van der Waals surface area contributed by atoms with E-state index in [-0.39, 0.29) is 17.7 Å². The normalized spacial score (nSPS) is 19.9. The molecule has 2 saturated heterocycles. The van der Waals surface area contributed by atoms with Gasteiger partial charge in [0.15, 0.2) is 5.69 Å². The van der Waals surface area contributed by atoms with E-state index in [1.165, 1.54) is 0 Å². The predicted molar refractivity (Wildman–Crippen MR) is 108 cm³/mol. The molecule has 1 atom stereocenters. The quantitative estimate of drug-likeness (QED) is 0.717. The van der Waals surface area contributed by atoms with Gasteiger partial charge in [0.25, 0.3) is 11.8 Å². The number of carbonyl (C=O) groups is 2. The maximum absolute atomic E-state index is 13.0. The lowest BCUT2D eigenvalue weighted by Gasteiger charge is -2.32. The van der Waals surface area contributed by atoms with Crippen LogP contribution in [-0.2, 0) is 17.8 Å². The van der Waals surface area contributed by atoms with Gasteiger partial charge in [-0.05, 0) is 32.6 Å². The van der Waals surface area contributed by atoms with E-state index in [4.69, 9.17) is 4.74 Å². The van der Waals surface area contributed by atoms with Gasteiger partial charge in [-0.25, -0.2) is 0 Å². The fourth-order valence-corrected chi connectivity index (χ4v) is 4.22. The summed E-state index contributed by atoms with van der Waals surface area (Å²) >= 11 is 0. The molecule has 0 aromatic carbocycles. The van der Waals surface area contributed by atoms with E-state index < -0.39 is 0 Å². The highest BCUT2D eigenvalue weighted by atomic mass is 16.5. The van der Waals surface area contributed by atoms with E-state index in [0.29, 0.717) is 50.7 Å². The number of carbonyl (C=O) groups excluding carboxylic acids is 2. The topological polar surface area (TPSA) is 98.4 Å². The third-order valence-electron chi connectivity index (χ3n) is 5.94. The zero-order chi connectivity index (χ0) is 21.1. The van der Waals surface area contributed by atoms with Gasteiger partial charge in [0.2, 0.25) is 0 Å². The van der Waals surface area contributed by atoms with Crippen molar-refractivity contribution in [3.05, 3.63) is 29.3 Å². The van der Waals surface area contributed by atoms with Crippen LogP contribution in [0.4, 0.5) is 0 Å². The number of nitrogens with zero attached hydrogens (tertiary/aromatic N) is 7. The summed E-state index contributed by atoms with van der Waals surface area (Å²) in [7, 11) is 0. The summed E-state index contributed by atoms with van der Waals surface area (Å²) in [5.74, 6) is 0.212. The maximum Gasteiger partial charge on any atom is 0.276 e. The highest BCUT2D eigenvalue weighted by molar-refractivity contribution is 5.95. The summed E-state index contributed by atoms with van der Waals surface area (Å²) in [4.78, 5) is 29.2. The molecule has 2 aliphatic heterocycles. The van der Waals surface area contributed by atoms with Crippen LogP contribution < -0.4 is 0 Å². The number of amides is 2. The van der Waals surface area contributed by atoms with E-state index in [1.807, 2.05) is 23.4 Å². The van der Waals surface area contributed by atoms with E-state index in [2.05, 4.69) is 15.4 Å². The van der Waals surface area contributed by atoms with Crippen LogP contribution >= 0.6 is 0 Å². The lowest BCUT2D eigenvalue weighted by atomic mass is 9.97. The molecule has 0 N–H and O–H groups in total.